The smallest absolute Gasteiger partial charge is 0.193 e. The van der Waals surface area contributed by atoms with Gasteiger partial charge in [-0.1, -0.05) is 66.7 Å². The lowest BCUT2D eigenvalue weighted by Crippen LogP contribution is -2.08. The zero-order valence-corrected chi connectivity index (χ0v) is 15.2. The first kappa shape index (κ1) is 16.6. The minimum absolute atomic E-state index is 0.0359. The van der Waals surface area contributed by atoms with E-state index in [0.29, 0.717) is 23.2 Å². The summed E-state index contributed by atoms with van der Waals surface area (Å²) in [4.78, 5) is 12.7. The molecule has 4 aromatic rings. The number of rotatable bonds is 3. The quantitative estimate of drug-likeness (QED) is 0.482. The first-order valence-electron chi connectivity index (χ1n) is 9.33. The van der Waals surface area contributed by atoms with Crippen molar-refractivity contribution >= 4 is 17.0 Å². The van der Waals surface area contributed by atoms with E-state index in [1.54, 1.807) is 12.1 Å². The largest absolute Gasteiger partial charge is 0.486 e. The molecule has 2 heterocycles. The number of hydrogen-bond donors (Lipinski definition) is 0. The van der Waals surface area contributed by atoms with Gasteiger partial charge in [0.1, 0.15) is 23.2 Å². The topological polar surface area (TPSA) is 39.4 Å². The van der Waals surface area contributed by atoms with E-state index in [1.165, 1.54) is 0 Å². The first-order chi connectivity index (χ1) is 13.8. The Balaban J connectivity index is 1.54. The highest BCUT2D eigenvalue weighted by Gasteiger charge is 2.25. The van der Waals surface area contributed by atoms with Crippen LogP contribution in [0.3, 0.4) is 0 Å². The molecule has 1 aliphatic heterocycles. The number of hydrogen-bond acceptors (Lipinski definition) is 3. The highest BCUT2D eigenvalue weighted by atomic mass is 16.5. The Kier molecular flexibility index (Phi) is 4.06. The predicted molar refractivity (Wildman–Crippen MR) is 112 cm³/mol. The van der Waals surface area contributed by atoms with Crippen molar-refractivity contribution in [2.45, 2.75) is 12.5 Å². The highest BCUT2D eigenvalue weighted by Crippen LogP contribution is 2.36. The van der Waals surface area contributed by atoms with E-state index >= 15 is 0 Å². The molecule has 28 heavy (non-hydrogen) atoms. The molecule has 0 fully saturated rings. The summed E-state index contributed by atoms with van der Waals surface area (Å²) in [7, 11) is 0. The molecule has 0 saturated carbocycles. The minimum Gasteiger partial charge on any atom is -0.486 e. The van der Waals surface area contributed by atoms with Gasteiger partial charge in [0.25, 0.3) is 0 Å². The van der Waals surface area contributed by atoms with E-state index in [1.807, 2.05) is 54.6 Å². The van der Waals surface area contributed by atoms with Gasteiger partial charge in [0.15, 0.2) is 5.43 Å². The lowest BCUT2D eigenvalue weighted by molar-refractivity contribution is 0.284. The fourth-order valence-electron chi connectivity index (χ4n) is 3.60. The summed E-state index contributed by atoms with van der Waals surface area (Å²) < 4.78 is 12.3. The third-order valence-corrected chi connectivity index (χ3v) is 5.00. The van der Waals surface area contributed by atoms with Crippen molar-refractivity contribution in [1.29, 1.82) is 0 Å². The molecule has 3 aromatic carbocycles. The summed E-state index contributed by atoms with van der Waals surface area (Å²) in [6, 6.07) is 25.0. The molecule has 0 spiro atoms. The van der Waals surface area contributed by atoms with Gasteiger partial charge in [-0.3, -0.25) is 4.79 Å². The second-order valence-electron chi connectivity index (χ2n) is 6.89. The van der Waals surface area contributed by atoms with Crippen LogP contribution in [0.2, 0.25) is 0 Å². The van der Waals surface area contributed by atoms with Crippen LogP contribution in [0.5, 0.6) is 5.75 Å². The Bertz CT molecular complexity index is 1220. The zero-order valence-electron chi connectivity index (χ0n) is 15.2. The van der Waals surface area contributed by atoms with Crippen molar-refractivity contribution in [3.8, 4) is 17.1 Å². The summed E-state index contributed by atoms with van der Waals surface area (Å²) in [5.41, 5.74) is 3.56. The molecule has 1 unspecified atom stereocenters. The molecule has 0 amide bonds. The van der Waals surface area contributed by atoms with Crippen molar-refractivity contribution in [2.75, 3.05) is 0 Å². The Labute approximate surface area is 162 Å². The normalized spacial score (nSPS) is 15.6. The predicted octanol–water partition coefficient (Wildman–Crippen LogP) is 5.48. The van der Waals surface area contributed by atoms with Crippen LogP contribution in [0.1, 0.15) is 11.1 Å². The first-order valence-corrected chi connectivity index (χ1v) is 9.33. The standard InChI is InChI=1S/C25H18O3/c26-22-16-24(18-9-5-2-6-10-18)28-25-20(22)13-14-23-21(25)15-19(27-23)12-11-17-7-3-1-4-8-17/h1-14,16,19H,15H2/b12-11+. The Morgan fingerprint density at radius 1 is 0.893 bits per heavy atom. The van der Waals surface area contributed by atoms with E-state index in [2.05, 4.69) is 24.3 Å². The van der Waals surface area contributed by atoms with Crippen LogP contribution >= 0.6 is 0 Å². The van der Waals surface area contributed by atoms with E-state index in [-0.39, 0.29) is 11.5 Å². The molecule has 3 nitrogen and oxygen atoms in total. The van der Waals surface area contributed by atoms with Gasteiger partial charge >= 0.3 is 0 Å². The molecule has 0 aliphatic carbocycles. The van der Waals surface area contributed by atoms with E-state index in [9.17, 15) is 4.79 Å². The van der Waals surface area contributed by atoms with Crippen LogP contribution in [0.4, 0.5) is 0 Å². The SMILES string of the molecule is O=c1cc(-c2ccccc2)oc2c3c(ccc12)OC(/C=C/c1ccccc1)C3. The molecule has 1 aliphatic rings. The third kappa shape index (κ3) is 3.01. The van der Waals surface area contributed by atoms with Gasteiger partial charge in [0, 0.05) is 23.6 Å². The van der Waals surface area contributed by atoms with Crippen molar-refractivity contribution in [3.05, 3.63) is 106 Å². The van der Waals surface area contributed by atoms with Crippen LogP contribution in [0, 0.1) is 0 Å². The van der Waals surface area contributed by atoms with Gasteiger partial charge in [-0.15, -0.1) is 0 Å². The maximum atomic E-state index is 12.7. The van der Waals surface area contributed by atoms with Gasteiger partial charge in [-0.05, 0) is 23.8 Å². The third-order valence-electron chi connectivity index (χ3n) is 5.00. The Morgan fingerprint density at radius 2 is 1.64 bits per heavy atom. The maximum Gasteiger partial charge on any atom is 0.193 e. The molecule has 5 rings (SSSR count). The zero-order chi connectivity index (χ0) is 18.9. The molecular weight excluding hydrogens is 348 g/mol. The summed E-state index contributed by atoms with van der Waals surface area (Å²) in [6.45, 7) is 0. The van der Waals surface area contributed by atoms with Crippen LogP contribution in [-0.2, 0) is 6.42 Å². The van der Waals surface area contributed by atoms with Gasteiger partial charge in [-0.25, -0.2) is 0 Å². The van der Waals surface area contributed by atoms with E-state index in [4.69, 9.17) is 9.15 Å². The van der Waals surface area contributed by atoms with E-state index < -0.39 is 0 Å². The lowest BCUT2D eigenvalue weighted by atomic mass is 10.0. The van der Waals surface area contributed by atoms with Crippen LogP contribution in [0.25, 0.3) is 28.4 Å². The van der Waals surface area contributed by atoms with Crippen LogP contribution in [-0.4, -0.2) is 6.10 Å². The summed E-state index contributed by atoms with van der Waals surface area (Å²) in [5.74, 6) is 1.36. The summed E-state index contributed by atoms with van der Waals surface area (Å²) in [6.07, 6.45) is 4.72. The van der Waals surface area contributed by atoms with Crippen molar-refractivity contribution in [2.24, 2.45) is 0 Å². The average molecular weight is 366 g/mol. The van der Waals surface area contributed by atoms with Crippen molar-refractivity contribution in [3.63, 3.8) is 0 Å². The Hall–Kier alpha value is -3.59. The lowest BCUT2D eigenvalue weighted by Gasteiger charge is -2.06. The van der Waals surface area contributed by atoms with Gasteiger partial charge in [0.2, 0.25) is 0 Å². The highest BCUT2D eigenvalue weighted by molar-refractivity contribution is 5.84. The Morgan fingerprint density at radius 3 is 2.43 bits per heavy atom. The molecule has 0 N–H and O–H groups in total. The van der Waals surface area contributed by atoms with Gasteiger partial charge in [-0.2, -0.15) is 0 Å². The van der Waals surface area contributed by atoms with Gasteiger partial charge in [0.05, 0.1) is 5.39 Å². The van der Waals surface area contributed by atoms with Crippen molar-refractivity contribution < 1.29 is 9.15 Å². The average Bonchev–Trinajstić information content (AvgIpc) is 3.17. The fourth-order valence-corrected chi connectivity index (χ4v) is 3.60. The molecule has 1 aromatic heterocycles. The second kappa shape index (κ2) is 6.86. The monoisotopic (exact) mass is 366 g/mol. The summed E-state index contributed by atoms with van der Waals surface area (Å²) in [5, 5.41) is 0.592. The van der Waals surface area contributed by atoms with Crippen LogP contribution in [0.15, 0.2) is 94.2 Å². The minimum atomic E-state index is -0.0773. The molecule has 0 saturated heterocycles. The van der Waals surface area contributed by atoms with Gasteiger partial charge < -0.3 is 9.15 Å². The molecule has 1 atom stereocenters. The molecular formula is C25H18O3. The number of benzene rings is 3. The molecule has 3 heteroatoms. The molecule has 0 bridgehead atoms. The molecule has 0 radical (unpaired) electrons. The number of ether oxygens (including phenoxy) is 1. The van der Waals surface area contributed by atoms with Crippen LogP contribution < -0.4 is 10.2 Å². The maximum absolute atomic E-state index is 12.7. The summed E-state index contributed by atoms with van der Waals surface area (Å²) >= 11 is 0. The van der Waals surface area contributed by atoms with E-state index in [0.717, 1.165) is 22.4 Å². The molecule has 136 valence electrons. The number of fused-ring (bicyclic) bond motifs is 3. The second-order valence-corrected chi connectivity index (χ2v) is 6.89. The fraction of sp³-hybridized carbons (Fsp3) is 0.0800. The van der Waals surface area contributed by atoms with Crippen molar-refractivity contribution in [1.82, 2.24) is 0 Å².